The molecule has 0 saturated carbocycles. The second kappa shape index (κ2) is 4.64. The zero-order valence-electron chi connectivity index (χ0n) is 11.8. The number of amides is 1. The van der Waals surface area contributed by atoms with Gasteiger partial charge in [-0.3, -0.25) is 5.32 Å². The smallest absolute Gasteiger partial charge is 0.412 e. The number of carbonyl (C=O) groups is 1. The summed E-state index contributed by atoms with van der Waals surface area (Å²) in [6.45, 7) is 3.70. The van der Waals surface area contributed by atoms with Gasteiger partial charge in [-0.15, -0.1) is 0 Å². The number of carbonyl (C=O) groups excluding carboxylic acids is 1. The predicted octanol–water partition coefficient (Wildman–Crippen LogP) is 4.02. The zero-order valence-corrected chi connectivity index (χ0v) is 11.8. The highest BCUT2D eigenvalue weighted by atomic mass is 16.6. The first-order valence-corrected chi connectivity index (χ1v) is 6.65. The number of nitriles is 1. The second-order valence-electron chi connectivity index (χ2n) is 5.44. The van der Waals surface area contributed by atoms with Crippen molar-refractivity contribution in [3.8, 4) is 17.2 Å². The Labute approximate surface area is 123 Å². The number of cyclic esters (lactones) is 1. The summed E-state index contributed by atoms with van der Waals surface area (Å²) in [6.07, 6.45) is -0.447. The maximum absolute atomic E-state index is 11.5. The minimum absolute atomic E-state index is 0.447. The van der Waals surface area contributed by atoms with E-state index in [0.717, 1.165) is 22.4 Å². The Morgan fingerprint density at radius 3 is 2.71 bits per heavy atom. The molecule has 1 heterocycles. The first-order valence-electron chi connectivity index (χ1n) is 6.65. The minimum Gasteiger partial charge on any atom is -0.438 e. The molecule has 0 atom stereocenters. The molecular weight excluding hydrogens is 264 g/mol. The molecular formula is C17H14N2O2. The van der Waals surface area contributed by atoms with Crippen LogP contribution in [-0.4, -0.2) is 6.09 Å². The molecule has 0 saturated heterocycles. The van der Waals surface area contributed by atoms with Crippen LogP contribution in [0.15, 0.2) is 42.5 Å². The number of nitrogens with zero attached hydrogens (tertiary/aromatic N) is 1. The summed E-state index contributed by atoms with van der Waals surface area (Å²) in [5, 5.41) is 11.9. The lowest BCUT2D eigenvalue weighted by Crippen LogP contribution is -2.34. The van der Waals surface area contributed by atoms with Crippen molar-refractivity contribution in [3.63, 3.8) is 0 Å². The quantitative estimate of drug-likeness (QED) is 0.856. The number of nitrogens with one attached hydrogen (secondary N) is 1. The van der Waals surface area contributed by atoms with E-state index < -0.39 is 11.7 Å². The number of hydrogen-bond acceptors (Lipinski definition) is 3. The number of rotatable bonds is 1. The van der Waals surface area contributed by atoms with E-state index in [1.165, 1.54) is 0 Å². The number of hydrogen-bond donors (Lipinski definition) is 1. The first kappa shape index (κ1) is 13.2. The molecule has 1 aliphatic heterocycles. The number of ether oxygens (including phenoxy) is 1. The molecule has 0 fully saturated rings. The topological polar surface area (TPSA) is 62.1 Å². The Morgan fingerprint density at radius 2 is 1.95 bits per heavy atom. The second-order valence-corrected chi connectivity index (χ2v) is 5.44. The van der Waals surface area contributed by atoms with E-state index in [9.17, 15) is 10.1 Å². The van der Waals surface area contributed by atoms with E-state index in [1.807, 2.05) is 50.2 Å². The van der Waals surface area contributed by atoms with Crippen LogP contribution in [-0.2, 0) is 10.3 Å². The highest BCUT2D eigenvalue weighted by Gasteiger charge is 2.33. The van der Waals surface area contributed by atoms with Crippen LogP contribution >= 0.6 is 0 Å². The van der Waals surface area contributed by atoms with Crippen molar-refractivity contribution in [2.75, 3.05) is 5.32 Å². The molecule has 0 spiro atoms. The lowest BCUT2D eigenvalue weighted by molar-refractivity contribution is 0.0421. The molecule has 1 aliphatic rings. The zero-order chi connectivity index (χ0) is 15.0. The molecule has 1 amide bonds. The standard InChI is InChI=1S/C17H14N2O2/c1-17(2)14-9-11(7-8-15(14)19-16(20)21-17)13-6-4-3-5-12(13)10-18/h3-9H,1-2H3,(H,19,20). The highest BCUT2D eigenvalue weighted by molar-refractivity contribution is 5.89. The summed E-state index contributed by atoms with van der Waals surface area (Å²) < 4.78 is 5.33. The van der Waals surface area contributed by atoms with E-state index in [0.29, 0.717) is 5.56 Å². The van der Waals surface area contributed by atoms with Gasteiger partial charge in [-0.25, -0.2) is 4.79 Å². The summed E-state index contributed by atoms with van der Waals surface area (Å²) in [6, 6.07) is 15.4. The van der Waals surface area contributed by atoms with Crippen LogP contribution in [0.4, 0.5) is 10.5 Å². The van der Waals surface area contributed by atoms with E-state index in [4.69, 9.17) is 4.74 Å². The van der Waals surface area contributed by atoms with E-state index >= 15 is 0 Å². The van der Waals surface area contributed by atoms with Crippen LogP contribution in [0.3, 0.4) is 0 Å². The SMILES string of the molecule is CC1(C)OC(=O)Nc2ccc(-c3ccccc3C#N)cc21. The van der Waals surface area contributed by atoms with Crippen molar-refractivity contribution in [2.45, 2.75) is 19.4 Å². The average molecular weight is 278 g/mol. The van der Waals surface area contributed by atoms with Crippen molar-refractivity contribution in [3.05, 3.63) is 53.6 Å². The van der Waals surface area contributed by atoms with Gasteiger partial charge >= 0.3 is 6.09 Å². The molecule has 0 radical (unpaired) electrons. The Bertz CT molecular complexity index is 773. The van der Waals surface area contributed by atoms with Crippen LogP contribution in [0.2, 0.25) is 0 Å². The summed E-state index contributed by atoms with van der Waals surface area (Å²) in [5.41, 5.74) is 3.36. The summed E-state index contributed by atoms with van der Waals surface area (Å²) in [7, 11) is 0. The van der Waals surface area contributed by atoms with Gasteiger partial charge in [-0.1, -0.05) is 24.3 Å². The number of fused-ring (bicyclic) bond motifs is 1. The van der Waals surface area contributed by atoms with Crippen molar-refractivity contribution in [1.29, 1.82) is 5.26 Å². The van der Waals surface area contributed by atoms with Crippen LogP contribution in [0.1, 0.15) is 25.0 Å². The Kier molecular flexibility index (Phi) is 2.91. The maximum Gasteiger partial charge on any atom is 0.412 e. The van der Waals surface area contributed by atoms with Crippen LogP contribution in [0.25, 0.3) is 11.1 Å². The highest BCUT2D eigenvalue weighted by Crippen LogP contribution is 2.38. The van der Waals surface area contributed by atoms with Gasteiger partial charge in [0.15, 0.2) is 0 Å². The largest absolute Gasteiger partial charge is 0.438 e. The molecule has 4 heteroatoms. The van der Waals surface area contributed by atoms with Gasteiger partial charge < -0.3 is 4.74 Å². The van der Waals surface area contributed by atoms with Gasteiger partial charge in [0.25, 0.3) is 0 Å². The summed E-state index contributed by atoms with van der Waals surface area (Å²) in [4.78, 5) is 11.5. The van der Waals surface area contributed by atoms with Gasteiger partial charge in [-0.05, 0) is 43.2 Å². The fourth-order valence-electron chi connectivity index (χ4n) is 2.57. The maximum atomic E-state index is 11.5. The number of anilines is 1. The first-order chi connectivity index (χ1) is 10.0. The molecule has 2 aromatic carbocycles. The van der Waals surface area contributed by atoms with Crippen molar-refractivity contribution in [1.82, 2.24) is 0 Å². The van der Waals surface area contributed by atoms with Crippen LogP contribution < -0.4 is 5.32 Å². The van der Waals surface area contributed by atoms with Crippen molar-refractivity contribution < 1.29 is 9.53 Å². The monoisotopic (exact) mass is 278 g/mol. The van der Waals surface area contributed by atoms with Gasteiger partial charge in [0, 0.05) is 5.56 Å². The van der Waals surface area contributed by atoms with Gasteiger partial charge in [0.05, 0.1) is 17.3 Å². The molecule has 2 aromatic rings. The molecule has 4 nitrogen and oxygen atoms in total. The molecule has 0 unspecified atom stereocenters. The van der Waals surface area contributed by atoms with E-state index in [1.54, 1.807) is 6.07 Å². The fraction of sp³-hybridized carbons (Fsp3) is 0.176. The lowest BCUT2D eigenvalue weighted by atomic mass is 9.90. The summed E-state index contributed by atoms with van der Waals surface area (Å²) in [5.74, 6) is 0. The molecule has 104 valence electrons. The third-order valence-corrected chi connectivity index (χ3v) is 3.61. The molecule has 0 bridgehead atoms. The van der Waals surface area contributed by atoms with Crippen LogP contribution in [0, 0.1) is 11.3 Å². The van der Waals surface area contributed by atoms with E-state index in [-0.39, 0.29) is 0 Å². The average Bonchev–Trinajstić information content (AvgIpc) is 2.46. The molecule has 1 N–H and O–H groups in total. The Balaban J connectivity index is 2.16. The normalized spacial score (nSPS) is 15.4. The molecule has 21 heavy (non-hydrogen) atoms. The molecule has 3 rings (SSSR count). The number of benzene rings is 2. The Hall–Kier alpha value is -2.80. The molecule has 0 aliphatic carbocycles. The third kappa shape index (κ3) is 2.23. The van der Waals surface area contributed by atoms with Crippen molar-refractivity contribution in [2.24, 2.45) is 0 Å². The lowest BCUT2D eigenvalue weighted by Gasteiger charge is -2.32. The third-order valence-electron chi connectivity index (χ3n) is 3.61. The Morgan fingerprint density at radius 1 is 1.19 bits per heavy atom. The fourth-order valence-corrected chi connectivity index (χ4v) is 2.57. The van der Waals surface area contributed by atoms with Crippen molar-refractivity contribution >= 4 is 11.8 Å². The predicted molar refractivity (Wildman–Crippen MR) is 79.7 cm³/mol. The molecule has 0 aromatic heterocycles. The van der Waals surface area contributed by atoms with E-state index in [2.05, 4.69) is 11.4 Å². The van der Waals surface area contributed by atoms with Gasteiger partial charge in [-0.2, -0.15) is 5.26 Å². The minimum atomic E-state index is -0.699. The van der Waals surface area contributed by atoms with Crippen LogP contribution in [0.5, 0.6) is 0 Å². The summed E-state index contributed by atoms with van der Waals surface area (Å²) >= 11 is 0. The van der Waals surface area contributed by atoms with Gasteiger partial charge in [0.1, 0.15) is 5.60 Å². The van der Waals surface area contributed by atoms with Gasteiger partial charge in [0.2, 0.25) is 0 Å².